The Morgan fingerprint density at radius 2 is 1.82 bits per heavy atom. The standard InChI is InChI=1S/C18H25N3O/c1-4-22-17-8-7-14-11-16(6-5-15(14)12-17)18(13(2)3)21(20)10-9-19/h5-13,18H,4,19-20H2,1-3H3/b10-9-. The number of hydrogen-bond acceptors (Lipinski definition) is 4. The maximum atomic E-state index is 6.12. The van der Waals surface area contributed by atoms with Crippen LogP contribution in [0.25, 0.3) is 10.8 Å². The summed E-state index contributed by atoms with van der Waals surface area (Å²) in [6.45, 7) is 6.96. The van der Waals surface area contributed by atoms with Crippen molar-refractivity contribution in [2.45, 2.75) is 26.8 Å². The lowest BCUT2D eigenvalue weighted by Gasteiger charge is -2.30. The van der Waals surface area contributed by atoms with Crippen LogP contribution in [0.3, 0.4) is 0 Å². The Bertz CT molecular complexity index is 652. The van der Waals surface area contributed by atoms with Crippen molar-refractivity contribution >= 4 is 10.8 Å². The number of ether oxygens (including phenoxy) is 1. The van der Waals surface area contributed by atoms with Gasteiger partial charge in [-0.2, -0.15) is 0 Å². The Labute approximate surface area is 132 Å². The lowest BCUT2D eigenvalue weighted by molar-refractivity contribution is 0.227. The molecule has 0 amide bonds. The zero-order chi connectivity index (χ0) is 16.1. The zero-order valence-corrected chi connectivity index (χ0v) is 13.5. The predicted octanol–water partition coefficient (Wildman–Crippen LogP) is 3.54. The van der Waals surface area contributed by atoms with Gasteiger partial charge in [-0.3, -0.25) is 0 Å². The summed E-state index contributed by atoms with van der Waals surface area (Å²) in [5.74, 6) is 7.38. The molecule has 22 heavy (non-hydrogen) atoms. The predicted molar refractivity (Wildman–Crippen MR) is 92.0 cm³/mol. The number of benzene rings is 2. The van der Waals surface area contributed by atoms with Gasteiger partial charge in [0.2, 0.25) is 0 Å². The van der Waals surface area contributed by atoms with E-state index in [0.717, 1.165) is 11.1 Å². The third-order valence-electron chi connectivity index (χ3n) is 3.70. The van der Waals surface area contributed by atoms with Crippen LogP contribution in [-0.2, 0) is 0 Å². The normalized spacial score (nSPS) is 13.0. The van der Waals surface area contributed by atoms with Crippen molar-refractivity contribution in [2.24, 2.45) is 17.5 Å². The van der Waals surface area contributed by atoms with Crippen molar-refractivity contribution in [3.63, 3.8) is 0 Å². The molecule has 4 heteroatoms. The molecule has 0 aliphatic rings. The van der Waals surface area contributed by atoms with Crippen molar-refractivity contribution < 1.29 is 4.74 Å². The summed E-state index contributed by atoms with van der Waals surface area (Å²) in [7, 11) is 0. The molecule has 4 N–H and O–H groups in total. The highest BCUT2D eigenvalue weighted by Crippen LogP contribution is 2.30. The minimum absolute atomic E-state index is 0.0794. The SMILES string of the molecule is CCOc1ccc2cc(C(C(C)C)N(N)/C=C\N)ccc2c1. The summed E-state index contributed by atoms with van der Waals surface area (Å²) < 4.78 is 5.55. The molecule has 1 atom stereocenters. The molecule has 0 heterocycles. The fourth-order valence-corrected chi connectivity index (χ4v) is 2.78. The third-order valence-corrected chi connectivity index (χ3v) is 3.70. The van der Waals surface area contributed by atoms with Crippen LogP contribution >= 0.6 is 0 Å². The van der Waals surface area contributed by atoms with Gasteiger partial charge in [0.05, 0.1) is 12.6 Å². The fourth-order valence-electron chi connectivity index (χ4n) is 2.78. The van der Waals surface area contributed by atoms with Crippen LogP contribution in [-0.4, -0.2) is 11.6 Å². The van der Waals surface area contributed by atoms with Crippen LogP contribution in [0, 0.1) is 5.92 Å². The molecule has 0 spiro atoms. The molecule has 4 nitrogen and oxygen atoms in total. The second kappa shape index (κ2) is 7.18. The molecule has 0 radical (unpaired) electrons. The van der Waals surface area contributed by atoms with E-state index >= 15 is 0 Å². The minimum atomic E-state index is 0.0794. The Kier molecular flexibility index (Phi) is 5.28. The molecule has 0 saturated heterocycles. The van der Waals surface area contributed by atoms with Crippen LogP contribution in [0.4, 0.5) is 0 Å². The van der Waals surface area contributed by atoms with E-state index in [9.17, 15) is 0 Å². The first-order valence-electron chi connectivity index (χ1n) is 7.64. The van der Waals surface area contributed by atoms with Crippen molar-refractivity contribution in [1.82, 2.24) is 5.01 Å². The van der Waals surface area contributed by atoms with Crippen molar-refractivity contribution in [1.29, 1.82) is 0 Å². The summed E-state index contributed by atoms with van der Waals surface area (Å²) in [6.07, 6.45) is 3.16. The smallest absolute Gasteiger partial charge is 0.119 e. The molecule has 118 valence electrons. The third kappa shape index (κ3) is 3.52. The maximum Gasteiger partial charge on any atom is 0.119 e. The molecule has 0 bridgehead atoms. The summed E-state index contributed by atoms with van der Waals surface area (Å²) in [6, 6.07) is 12.6. The summed E-state index contributed by atoms with van der Waals surface area (Å²) in [4.78, 5) is 0. The molecule has 2 aromatic rings. The number of rotatable bonds is 6. The van der Waals surface area contributed by atoms with Gasteiger partial charge in [-0.25, -0.2) is 5.84 Å². The van der Waals surface area contributed by atoms with Gasteiger partial charge >= 0.3 is 0 Å². The molecule has 0 aliphatic heterocycles. The quantitative estimate of drug-likeness (QED) is 0.632. The average molecular weight is 299 g/mol. The van der Waals surface area contributed by atoms with E-state index in [1.165, 1.54) is 17.1 Å². The van der Waals surface area contributed by atoms with Crippen molar-refractivity contribution in [2.75, 3.05) is 6.61 Å². The van der Waals surface area contributed by atoms with Gasteiger partial charge in [-0.05, 0) is 47.4 Å². The van der Waals surface area contributed by atoms with Gasteiger partial charge < -0.3 is 15.5 Å². The molecule has 2 aromatic carbocycles. The van der Waals surface area contributed by atoms with Crippen LogP contribution in [0.1, 0.15) is 32.4 Å². The fraction of sp³-hybridized carbons (Fsp3) is 0.333. The highest BCUT2D eigenvalue weighted by molar-refractivity contribution is 5.84. The number of hydrazine groups is 1. The topological polar surface area (TPSA) is 64.5 Å². The van der Waals surface area contributed by atoms with Gasteiger partial charge in [0.1, 0.15) is 5.75 Å². The van der Waals surface area contributed by atoms with Crippen molar-refractivity contribution in [3.05, 3.63) is 54.4 Å². The Hall–Kier alpha value is -2.20. The Morgan fingerprint density at radius 1 is 1.14 bits per heavy atom. The van der Waals surface area contributed by atoms with Gasteiger partial charge in [0.25, 0.3) is 0 Å². The highest BCUT2D eigenvalue weighted by Gasteiger charge is 2.19. The van der Waals surface area contributed by atoms with Crippen LogP contribution < -0.4 is 16.3 Å². The number of nitrogens with zero attached hydrogens (tertiary/aromatic N) is 1. The van der Waals surface area contributed by atoms with E-state index in [4.69, 9.17) is 16.3 Å². The lowest BCUT2D eigenvalue weighted by atomic mass is 9.93. The molecule has 0 aromatic heterocycles. The van der Waals surface area contributed by atoms with Crippen LogP contribution in [0.2, 0.25) is 0 Å². The first kappa shape index (κ1) is 16.2. The average Bonchev–Trinajstić information content (AvgIpc) is 2.47. The Morgan fingerprint density at radius 3 is 2.45 bits per heavy atom. The van der Waals surface area contributed by atoms with Crippen LogP contribution in [0.5, 0.6) is 5.75 Å². The van der Waals surface area contributed by atoms with Gasteiger partial charge in [-0.1, -0.05) is 32.0 Å². The number of hydrogen-bond donors (Lipinski definition) is 2. The van der Waals surface area contributed by atoms with Gasteiger partial charge in [0, 0.05) is 12.4 Å². The molecular formula is C18H25N3O. The minimum Gasteiger partial charge on any atom is -0.494 e. The molecule has 0 fully saturated rings. The second-order valence-electron chi connectivity index (χ2n) is 5.68. The molecular weight excluding hydrogens is 274 g/mol. The first-order chi connectivity index (χ1) is 10.6. The molecule has 0 aliphatic carbocycles. The van der Waals surface area contributed by atoms with Crippen molar-refractivity contribution in [3.8, 4) is 5.75 Å². The maximum absolute atomic E-state index is 6.12. The monoisotopic (exact) mass is 299 g/mol. The summed E-state index contributed by atoms with van der Waals surface area (Å²) in [5, 5.41) is 4.01. The van der Waals surface area contributed by atoms with Crippen LogP contribution in [0.15, 0.2) is 48.8 Å². The molecule has 0 saturated carbocycles. The van der Waals surface area contributed by atoms with E-state index in [1.54, 1.807) is 11.2 Å². The summed E-state index contributed by atoms with van der Waals surface area (Å²) >= 11 is 0. The van der Waals surface area contributed by atoms with Gasteiger partial charge in [0.15, 0.2) is 0 Å². The second-order valence-corrected chi connectivity index (χ2v) is 5.68. The zero-order valence-electron chi connectivity index (χ0n) is 13.5. The largest absolute Gasteiger partial charge is 0.494 e. The molecule has 1 unspecified atom stereocenters. The van der Waals surface area contributed by atoms with E-state index in [-0.39, 0.29) is 6.04 Å². The van der Waals surface area contributed by atoms with E-state index in [0.29, 0.717) is 12.5 Å². The Balaban J connectivity index is 2.40. The van der Waals surface area contributed by atoms with E-state index in [2.05, 4.69) is 44.2 Å². The van der Waals surface area contributed by atoms with E-state index in [1.807, 2.05) is 13.0 Å². The lowest BCUT2D eigenvalue weighted by Crippen LogP contribution is -2.33. The highest BCUT2D eigenvalue weighted by atomic mass is 16.5. The first-order valence-corrected chi connectivity index (χ1v) is 7.64. The number of fused-ring (bicyclic) bond motifs is 1. The number of nitrogens with two attached hydrogens (primary N) is 2. The van der Waals surface area contributed by atoms with Gasteiger partial charge in [-0.15, -0.1) is 0 Å². The van der Waals surface area contributed by atoms with E-state index < -0.39 is 0 Å². The molecule has 2 rings (SSSR count). The summed E-state index contributed by atoms with van der Waals surface area (Å²) in [5.41, 5.74) is 6.64.